The fourth-order valence-electron chi connectivity index (χ4n) is 4.56. The Bertz CT molecular complexity index is 1140. The molecule has 7 nitrogen and oxygen atoms in total. The quantitative estimate of drug-likeness (QED) is 0.697. The second-order valence-electron chi connectivity index (χ2n) is 7.88. The van der Waals surface area contributed by atoms with Crippen LogP contribution in [0.5, 0.6) is 0 Å². The van der Waals surface area contributed by atoms with Crippen LogP contribution in [0.15, 0.2) is 23.1 Å². The Morgan fingerprint density at radius 3 is 2.66 bits per heavy atom. The summed E-state index contributed by atoms with van der Waals surface area (Å²) in [5, 5.41) is 0.336. The van der Waals surface area contributed by atoms with Crippen LogP contribution in [-0.2, 0) is 4.74 Å². The molecule has 0 radical (unpaired) electrons. The van der Waals surface area contributed by atoms with Gasteiger partial charge in [-0.2, -0.15) is 0 Å². The van der Waals surface area contributed by atoms with Gasteiger partial charge in [-0.3, -0.25) is 14.0 Å². The van der Waals surface area contributed by atoms with Crippen LogP contribution >= 0.6 is 11.6 Å². The second-order valence-corrected chi connectivity index (χ2v) is 8.29. The first-order valence-corrected chi connectivity index (χ1v) is 10.6. The summed E-state index contributed by atoms with van der Waals surface area (Å²) in [6.07, 6.45) is 7.37. The SMILES string of the molecule is O=C(c1cc2c(cc1Cl)[nH]c(=O)c1cnc(C3CCCCC3)n12)N1CCOCC1. The molecule has 1 saturated carbocycles. The number of amides is 1. The minimum atomic E-state index is -0.199. The maximum atomic E-state index is 13.1. The van der Waals surface area contributed by atoms with Gasteiger partial charge in [0.05, 0.1) is 41.0 Å². The average molecular weight is 415 g/mol. The van der Waals surface area contributed by atoms with Gasteiger partial charge in [0.25, 0.3) is 11.5 Å². The average Bonchev–Trinajstić information content (AvgIpc) is 3.20. The molecule has 1 amide bonds. The van der Waals surface area contributed by atoms with Crippen LogP contribution in [0.1, 0.15) is 54.2 Å². The van der Waals surface area contributed by atoms with E-state index in [1.165, 1.54) is 19.3 Å². The molecular formula is C21H23ClN4O3. The van der Waals surface area contributed by atoms with Crippen LogP contribution < -0.4 is 5.56 Å². The Kier molecular flexibility index (Phi) is 4.80. The van der Waals surface area contributed by atoms with Crippen molar-refractivity contribution in [3.05, 3.63) is 45.1 Å². The molecule has 29 heavy (non-hydrogen) atoms. The number of morpholine rings is 1. The number of imidazole rings is 1. The van der Waals surface area contributed by atoms with Crippen molar-refractivity contribution < 1.29 is 9.53 Å². The molecule has 2 aliphatic rings. The van der Waals surface area contributed by atoms with Gasteiger partial charge in [-0.25, -0.2) is 4.98 Å². The predicted molar refractivity (Wildman–Crippen MR) is 111 cm³/mol. The summed E-state index contributed by atoms with van der Waals surface area (Å²) in [5.41, 5.74) is 2.12. The van der Waals surface area contributed by atoms with E-state index in [-0.39, 0.29) is 11.5 Å². The monoisotopic (exact) mass is 414 g/mol. The molecule has 3 aromatic rings. The van der Waals surface area contributed by atoms with E-state index in [1.807, 2.05) is 4.40 Å². The molecule has 1 aliphatic heterocycles. The van der Waals surface area contributed by atoms with Crippen LogP contribution in [-0.4, -0.2) is 51.5 Å². The highest BCUT2D eigenvalue weighted by atomic mass is 35.5. The van der Waals surface area contributed by atoms with E-state index < -0.39 is 0 Å². The van der Waals surface area contributed by atoms with Crippen molar-refractivity contribution in [1.29, 1.82) is 0 Å². The molecule has 0 atom stereocenters. The van der Waals surface area contributed by atoms with E-state index in [0.29, 0.717) is 53.8 Å². The number of nitrogens with one attached hydrogen (secondary N) is 1. The summed E-state index contributed by atoms with van der Waals surface area (Å²) in [7, 11) is 0. The minimum Gasteiger partial charge on any atom is -0.378 e. The smallest absolute Gasteiger partial charge is 0.274 e. The van der Waals surface area contributed by atoms with Crippen LogP contribution in [0.25, 0.3) is 16.6 Å². The first-order valence-electron chi connectivity index (χ1n) is 10.2. The number of hydrogen-bond acceptors (Lipinski definition) is 4. The Morgan fingerprint density at radius 2 is 1.90 bits per heavy atom. The largest absolute Gasteiger partial charge is 0.378 e. The molecule has 2 aromatic heterocycles. The van der Waals surface area contributed by atoms with Crippen LogP contribution in [0, 0.1) is 0 Å². The number of carbonyl (C=O) groups excluding carboxylic acids is 1. The summed E-state index contributed by atoms with van der Waals surface area (Å²) < 4.78 is 7.28. The number of fused-ring (bicyclic) bond motifs is 3. The molecule has 5 rings (SSSR count). The van der Waals surface area contributed by atoms with Gasteiger partial charge < -0.3 is 14.6 Å². The van der Waals surface area contributed by atoms with Gasteiger partial charge in [0, 0.05) is 19.0 Å². The van der Waals surface area contributed by atoms with Crippen LogP contribution in [0.3, 0.4) is 0 Å². The highest BCUT2D eigenvalue weighted by Gasteiger charge is 2.25. The van der Waals surface area contributed by atoms with Crippen molar-refractivity contribution in [1.82, 2.24) is 19.3 Å². The van der Waals surface area contributed by atoms with Crippen LogP contribution in [0.2, 0.25) is 5.02 Å². The number of nitrogens with zero attached hydrogens (tertiary/aromatic N) is 3. The number of rotatable bonds is 2. The van der Waals surface area contributed by atoms with Gasteiger partial charge in [0.2, 0.25) is 0 Å². The fourth-order valence-corrected chi connectivity index (χ4v) is 4.81. The number of carbonyl (C=O) groups is 1. The highest BCUT2D eigenvalue weighted by Crippen LogP contribution is 2.33. The predicted octanol–water partition coefficient (Wildman–Crippen LogP) is 3.35. The lowest BCUT2D eigenvalue weighted by Gasteiger charge is -2.27. The Morgan fingerprint density at radius 1 is 1.14 bits per heavy atom. The third-order valence-electron chi connectivity index (χ3n) is 6.10. The first-order chi connectivity index (χ1) is 14.1. The molecule has 1 aromatic carbocycles. The summed E-state index contributed by atoms with van der Waals surface area (Å²) in [5.74, 6) is 1.12. The number of hydrogen-bond donors (Lipinski definition) is 1. The molecule has 1 N–H and O–H groups in total. The summed E-state index contributed by atoms with van der Waals surface area (Å²) in [4.78, 5) is 35.0. The zero-order valence-electron chi connectivity index (χ0n) is 16.1. The lowest BCUT2D eigenvalue weighted by molar-refractivity contribution is 0.0303. The van der Waals surface area contributed by atoms with Gasteiger partial charge in [-0.15, -0.1) is 0 Å². The van der Waals surface area contributed by atoms with Gasteiger partial charge in [0.1, 0.15) is 11.3 Å². The molecule has 2 fully saturated rings. The number of H-pyrrole nitrogens is 1. The lowest BCUT2D eigenvalue weighted by Crippen LogP contribution is -2.40. The van der Waals surface area contributed by atoms with E-state index in [9.17, 15) is 9.59 Å². The number of halogens is 1. The molecule has 1 aliphatic carbocycles. The van der Waals surface area contributed by atoms with Crippen molar-refractivity contribution in [2.75, 3.05) is 26.3 Å². The molecule has 0 unspecified atom stereocenters. The van der Waals surface area contributed by atoms with Gasteiger partial charge in [-0.05, 0) is 25.0 Å². The molecule has 0 spiro atoms. The number of aromatic amines is 1. The molecule has 1 saturated heterocycles. The second kappa shape index (κ2) is 7.46. The topological polar surface area (TPSA) is 79.7 Å². The third kappa shape index (κ3) is 3.22. The van der Waals surface area contributed by atoms with Gasteiger partial charge in [-0.1, -0.05) is 30.9 Å². The van der Waals surface area contributed by atoms with Crippen molar-refractivity contribution in [2.45, 2.75) is 38.0 Å². The maximum absolute atomic E-state index is 13.1. The van der Waals surface area contributed by atoms with E-state index in [2.05, 4.69) is 9.97 Å². The van der Waals surface area contributed by atoms with Crippen molar-refractivity contribution in [3.63, 3.8) is 0 Å². The molecule has 152 valence electrons. The van der Waals surface area contributed by atoms with E-state index in [0.717, 1.165) is 24.2 Å². The Balaban J connectivity index is 1.69. The van der Waals surface area contributed by atoms with Crippen molar-refractivity contribution >= 4 is 34.1 Å². The van der Waals surface area contributed by atoms with Gasteiger partial charge >= 0.3 is 0 Å². The standard InChI is InChI=1S/C21H23ClN4O3/c22-15-11-16-17(10-14(15)21(28)25-6-8-29-9-7-25)26-18(20(27)24-16)12-23-19(26)13-4-2-1-3-5-13/h10-13H,1-9H2,(H,24,27). The number of benzene rings is 1. The van der Waals surface area contributed by atoms with E-state index >= 15 is 0 Å². The Hall–Kier alpha value is -2.38. The van der Waals surface area contributed by atoms with Crippen molar-refractivity contribution in [3.8, 4) is 0 Å². The minimum absolute atomic E-state index is 0.112. The summed E-state index contributed by atoms with van der Waals surface area (Å²) in [6, 6.07) is 3.47. The summed E-state index contributed by atoms with van der Waals surface area (Å²) >= 11 is 6.46. The lowest BCUT2D eigenvalue weighted by atomic mass is 9.88. The van der Waals surface area contributed by atoms with Gasteiger partial charge in [0.15, 0.2) is 0 Å². The molecule has 8 heteroatoms. The number of ether oxygens (including phenoxy) is 1. The zero-order chi connectivity index (χ0) is 20.0. The number of aromatic nitrogens is 3. The zero-order valence-corrected chi connectivity index (χ0v) is 16.9. The molecule has 3 heterocycles. The summed E-state index contributed by atoms with van der Waals surface area (Å²) in [6.45, 7) is 2.16. The normalized spacial score (nSPS) is 18.6. The van der Waals surface area contributed by atoms with E-state index in [4.69, 9.17) is 16.3 Å². The molecule has 0 bridgehead atoms. The maximum Gasteiger partial charge on any atom is 0.274 e. The Labute approximate surface area is 172 Å². The highest BCUT2D eigenvalue weighted by molar-refractivity contribution is 6.34. The van der Waals surface area contributed by atoms with Crippen LogP contribution in [0.4, 0.5) is 0 Å². The fraction of sp³-hybridized carbons (Fsp3) is 0.476. The van der Waals surface area contributed by atoms with E-state index in [1.54, 1.807) is 23.2 Å². The first kappa shape index (κ1) is 18.6. The van der Waals surface area contributed by atoms with Crippen molar-refractivity contribution in [2.24, 2.45) is 0 Å². The third-order valence-corrected chi connectivity index (χ3v) is 6.41. The molecular weight excluding hydrogens is 392 g/mol.